The van der Waals surface area contributed by atoms with Crippen molar-refractivity contribution in [1.82, 2.24) is 10.6 Å². The topological polar surface area (TPSA) is 95.5 Å². The van der Waals surface area contributed by atoms with Crippen LogP contribution in [-0.2, 0) is 15.6 Å². The molecule has 2 aliphatic rings. The van der Waals surface area contributed by atoms with E-state index < -0.39 is 16.8 Å². The molecule has 2 aliphatic heterocycles. The predicted octanol–water partition coefficient (Wildman–Crippen LogP) is 0.792. The van der Waals surface area contributed by atoms with E-state index in [4.69, 9.17) is 5.11 Å². The average Bonchev–Trinajstić information content (AvgIpc) is 2.83. The third-order valence-electron chi connectivity index (χ3n) is 3.07. The van der Waals surface area contributed by atoms with Crippen molar-refractivity contribution in [3.05, 3.63) is 0 Å². The number of amides is 2. The smallest absolute Gasteiger partial charge is 0.315 e. The maximum Gasteiger partial charge on any atom is 0.315 e. The molecule has 2 heterocycles. The van der Waals surface area contributed by atoms with Crippen molar-refractivity contribution in [2.75, 3.05) is 18.3 Å². The minimum absolute atomic E-state index is 0.0640. The number of unbranched alkanes of at least 4 members (excludes halogenated alkanes) is 1. The van der Waals surface area contributed by atoms with E-state index in [1.54, 1.807) is 12.5 Å². The first-order valence-corrected chi connectivity index (χ1v) is 9.57. The minimum Gasteiger partial charge on any atom is -0.481 e. The lowest BCUT2D eigenvalue weighted by atomic mass is 10.0. The van der Waals surface area contributed by atoms with Gasteiger partial charge < -0.3 is 15.7 Å². The summed E-state index contributed by atoms with van der Waals surface area (Å²) in [6.45, 7) is 0. The van der Waals surface area contributed by atoms with Crippen molar-refractivity contribution in [2.24, 2.45) is 0 Å². The second kappa shape index (κ2) is 8.51. The Bertz CT molecular complexity index is 374. The van der Waals surface area contributed by atoms with Crippen LogP contribution in [-0.4, -0.2) is 56.9 Å². The molecular formula is C12H22N2O4S2. The molecule has 2 saturated heterocycles. The second-order valence-corrected chi connectivity index (χ2v) is 7.76. The molecule has 0 unspecified atom stereocenters. The number of thioether (sulfide) groups is 1. The highest BCUT2D eigenvalue weighted by atomic mass is 32.2. The molecule has 0 radical (unpaired) electrons. The number of carbonyl (C=O) groups excluding carboxylic acids is 1. The van der Waals surface area contributed by atoms with Gasteiger partial charge in [-0.25, -0.2) is 4.79 Å². The number of hydrogen-bond donors (Lipinski definition) is 3. The van der Waals surface area contributed by atoms with Gasteiger partial charge in [-0.1, -0.05) is 6.42 Å². The van der Waals surface area contributed by atoms with Gasteiger partial charge in [-0.15, -0.1) is 0 Å². The van der Waals surface area contributed by atoms with E-state index in [1.807, 2.05) is 11.8 Å². The lowest BCUT2D eigenvalue weighted by Crippen LogP contribution is -2.36. The molecule has 0 aromatic heterocycles. The first kappa shape index (κ1) is 17.3. The molecular weight excluding hydrogens is 300 g/mol. The van der Waals surface area contributed by atoms with Crippen molar-refractivity contribution in [1.29, 1.82) is 0 Å². The quantitative estimate of drug-likeness (QED) is 0.514. The summed E-state index contributed by atoms with van der Waals surface area (Å²) >= 11 is 1.87. The Morgan fingerprint density at radius 2 is 2.05 bits per heavy atom. The minimum atomic E-state index is -0.729. The number of nitrogens with one attached hydrogen (secondary N) is 2. The number of fused-ring (bicyclic) bond motifs is 1. The first-order valence-electron chi connectivity index (χ1n) is 6.55. The van der Waals surface area contributed by atoms with Crippen molar-refractivity contribution in [2.45, 2.75) is 43.0 Å². The molecule has 0 aromatic rings. The van der Waals surface area contributed by atoms with E-state index in [0.29, 0.717) is 5.25 Å². The molecule has 3 atom stereocenters. The molecule has 0 saturated carbocycles. The molecule has 3 N–H and O–H groups in total. The van der Waals surface area contributed by atoms with E-state index in [2.05, 4.69) is 10.6 Å². The summed E-state index contributed by atoms with van der Waals surface area (Å²) < 4.78 is 9.56. The van der Waals surface area contributed by atoms with Gasteiger partial charge in [0.2, 0.25) is 0 Å². The Labute approximate surface area is 125 Å². The number of hydrogen-bond acceptors (Lipinski definition) is 4. The Morgan fingerprint density at radius 3 is 2.65 bits per heavy atom. The predicted molar refractivity (Wildman–Crippen MR) is 81.6 cm³/mol. The molecule has 0 aliphatic carbocycles. The number of carboxylic acids is 1. The zero-order valence-electron chi connectivity index (χ0n) is 11.8. The average molecular weight is 322 g/mol. The maximum absolute atomic E-state index is 11.1. The van der Waals surface area contributed by atoms with Crippen LogP contribution in [0.4, 0.5) is 4.79 Å². The Balaban J connectivity index is 0.000000444. The van der Waals surface area contributed by atoms with E-state index in [1.165, 1.54) is 0 Å². The van der Waals surface area contributed by atoms with Crippen LogP contribution in [0.5, 0.6) is 0 Å². The summed E-state index contributed by atoms with van der Waals surface area (Å²) in [7, 11) is -0.611. The van der Waals surface area contributed by atoms with Crippen molar-refractivity contribution in [3.8, 4) is 0 Å². The maximum atomic E-state index is 11.1. The molecule has 0 bridgehead atoms. The molecule has 2 fully saturated rings. The van der Waals surface area contributed by atoms with E-state index in [-0.39, 0.29) is 24.5 Å². The molecule has 0 spiro atoms. The molecule has 2 amide bonds. The van der Waals surface area contributed by atoms with Crippen molar-refractivity contribution < 1.29 is 18.9 Å². The van der Waals surface area contributed by atoms with Crippen LogP contribution < -0.4 is 10.6 Å². The highest BCUT2D eigenvalue weighted by Gasteiger charge is 2.42. The highest BCUT2D eigenvalue weighted by Crippen LogP contribution is 2.33. The van der Waals surface area contributed by atoms with Crippen LogP contribution in [0.3, 0.4) is 0 Å². The van der Waals surface area contributed by atoms with Gasteiger partial charge in [0.05, 0.1) is 12.1 Å². The monoisotopic (exact) mass is 322 g/mol. The molecule has 0 aromatic carbocycles. The van der Waals surface area contributed by atoms with Gasteiger partial charge in [0, 0.05) is 40.7 Å². The summed E-state index contributed by atoms with van der Waals surface area (Å²) in [6, 6.07) is 0.440. The number of aliphatic carboxylic acids is 1. The molecule has 2 rings (SSSR count). The number of urea groups is 1. The van der Waals surface area contributed by atoms with Crippen molar-refractivity contribution in [3.63, 3.8) is 0 Å². The Kier molecular flexibility index (Phi) is 7.36. The summed E-state index contributed by atoms with van der Waals surface area (Å²) in [5.41, 5.74) is 0. The molecule has 116 valence electrons. The number of carbonyl (C=O) groups is 2. The first-order chi connectivity index (χ1) is 9.40. The van der Waals surface area contributed by atoms with Crippen LogP contribution in [0.15, 0.2) is 0 Å². The fourth-order valence-corrected chi connectivity index (χ4v) is 3.81. The third-order valence-corrected chi connectivity index (χ3v) is 4.58. The van der Waals surface area contributed by atoms with Gasteiger partial charge in [-0.2, -0.15) is 11.8 Å². The number of rotatable bonds is 5. The van der Waals surface area contributed by atoms with Gasteiger partial charge >= 0.3 is 12.0 Å². The second-order valence-electron chi connectivity index (χ2n) is 5.00. The normalized spacial score (nSPS) is 27.4. The van der Waals surface area contributed by atoms with Crippen molar-refractivity contribution >= 4 is 34.6 Å². The SMILES string of the molecule is CS(C)=O.O=C(O)CCCC[C@@H]1SC[C@@H]2NC(=O)N[C@@H]21. The fourth-order valence-electron chi connectivity index (χ4n) is 2.26. The van der Waals surface area contributed by atoms with Gasteiger partial charge in [0.25, 0.3) is 0 Å². The van der Waals surface area contributed by atoms with E-state index >= 15 is 0 Å². The zero-order chi connectivity index (χ0) is 15.1. The highest BCUT2D eigenvalue weighted by molar-refractivity contribution is 8.00. The summed E-state index contributed by atoms with van der Waals surface area (Å²) in [5, 5.41) is 14.8. The van der Waals surface area contributed by atoms with Gasteiger partial charge in [-0.3, -0.25) is 9.00 Å². The Hall–Kier alpha value is -0.760. The molecule has 20 heavy (non-hydrogen) atoms. The lowest BCUT2D eigenvalue weighted by Gasteiger charge is -2.16. The largest absolute Gasteiger partial charge is 0.481 e. The van der Waals surface area contributed by atoms with Gasteiger partial charge in [0.15, 0.2) is 0 Å². The van der Waals surface area contributed by atoms with Crippen LogP contribution >= 0.6 is 11.8 Å². The van der Waals surface area contributed by atoms with E-state index in [9.17, 15) is 13.8 Å². The van der Waals surface area contributed by atoms with Gasteiger partial charge in [-0.05, 0) is 12.8 Å². The summed E-state index contributed by atoms with van der Waals surface area (Å²) in [4.78, 5) is 21.5. The Morgan fingerprint density at radius 1 is 1.40 bits per heavy atom. The molecule has 8 heteroatoms. The zero-order valence-corrected chi connectivity index (χ0v) is 13.4. The number of carboxylic acid groups (broad SMARTS) is 1. The van der Waals surface area contributed by atoms with Crippen LogP contribution in [0.1, 0.15) is 25.7 Å². The van der Waals surface area contributed by atoms with Crippen LogP contribution in [0.2, 0.25) is 0 Å². The summed E-state index contributed by atoms with van der Waals surface area (Å²) in [6.07, 6.45) is 6.16. The lowest BCUT2D eigenvalue weighted by molar-refractivity contribution is -0.137. The summed E-state index contributed by atoms with van der Waals surface area (Å²) in [5.74, 6) is 0.236. The van der Waals surface area contributed by atoms with Gasteiger partial charge in [0.1, 0.15) is 0 Å². The molecule has 6 nitrogen and oxygen atoms in total. The van der Waals surface area contributed by atoms with Crippen LogP contribution in [0.25, 0.3) is 0 Å². The van der Waals surface area contributed by atoms with Crippen LogP contribution in [0, 0.1) is 0 Å². The fraction of sp³-hybridized carbons (Fsp3) is 0.833. The third kappa shape index (κ3) is 6.13. The standard InChI is InChI=1S/C10H16N2O3S.C2H6OS/c13-8(14)4-2-1-3-7-9-6(5-16-7)11-10(15)12-9;1-4(2)3/h6-7,9H,1-5H2,(H,13,14)(H2,11,12,15);1-2H3/t6-,7-,9-;/m0./s1. The van der Waals surface area contributed by atoms with E-state index in [0.717, 1.165) is 25.0 Å².